The molecule has 8 nitrogen and oxygen atoms in total. The first kappa shape index (κ1) is 27.7. The molecule has 1 fully saturated rings. The first-order valence-corrected chi connectivity index (χ1v) is 13.1. The second-order valence-corrected chi connectivity index (χ2v) is 10.1. The van der Waals surface area contributed by atoms with Crippen LogP contribution in [0.4, 0.5) is 30.2 Å². The van der Waals surface area contributed by atoms with E-state index in [0.717, 1.165) is 49.5 Å². The highest BCUT2D eigenvalue weighted by Crippen LogP contribution is 2.38. The molecule has 2 heterocycles. The minimum absolute atomic E-state index is 0.0657. The van der Waals surface area contributed by atoms with Gasteiger partial charge in [0.25, 0.3) is 5.91 Å². The third kappa shape index (κ3) is 6.65. The number of anilines is 2. The summed E-state index contributed by atoms with van der Waals surface area (Å²) in [6.07, 6.45) is -3.82. The van der Waals surface area contributed by atoms with Crippen molar-refractivity contribution >= 4 is 34.6 Å². The average molecular weight is 575 g/mol. The van der Waals surface area contributed by atoms with Crippen molar-refractivity contribution in [2.45, 2.75) is 18.7 Å². The number of fused-ring (bicyclic) bond motifs is 1. The van der Waals surface area contributed by atoms with E-state index in [0.29, 0.717) is 29.5 Å². The van der Waals surface area contributed by atoms with Crippen LogP contribution >= 0.6 is 11.6 Å². The molecule has 3 aromatic carbocycles. The molecule has 40 heavy (non-hydrogen) atoms. The number of carbonyl (C=O) groups excluding carboxylic acids is 1. The second kappa shape index (κ2) is 11.7. The maximum absolute atomic E-state index is 13.2. The largest absolute Gasteiger partial charge is 0.488 e. The molecule has 2 aliphatic rings. The Morgan fingerprint density at radius 2 is 1.75 bits per heavy atom. The molecule has 210 valence electrons. The zero-order chi connectivity index (χ0) is 28.3. The predicted molar refractivity (Wildman–Crippen MR) is 145 cm³/mol. The van der Waals surface area contributed by atoms with Crippen LogP contribution < -0.4 is 14.8 Å². The standard InChI is InChI=1S/C28H26ClF3N4O4/c29-19-1-8-26-18(13-19)14-23(40-26)16-35-9-11-36(12-10-35)27(37)17-39-22-5-2-20(3-6-22)33-21-4-7-25(34-38)24(15-21)28(30,31)32/h1-8,13,15,23,33H,9-12,14,16-17H2. The summed E-state index contributed by atoms with van der Waals surface area (Å²) in [6.45, 7) is 3.32. The van der Waals surface area contributed by atoms with Gasteiger partial charge >= 0.3 is 6.18 Å². The molecule has 1 N–H and O–H groups in total. The Labute approximate surface area is 233 Å². The first-order valence-electron chi connectivity index (χ1n) is 12.7. The SMILES string of the molecule is O=Nc1ccc(Nc2ccc(OCC(=O)N3CCN(CC4Cc5cc(Cl)ccc5O4)CC3)cc2)cc1C(F)(F)F. The number of nitrogens with one attached hydrogen (secondary N) is 1. The van der Waals surface area contributed by atoms with Gasteiger partial charge in [0.1, 0.15) is 23.3 Å². The van der Waals surface area contributed by atoms with E-state index in [1.54, 1.807) is 29.2 Å². The lowest BCUT2D eigenvalue weighted by atomic mass is 10.1. The first-order chi connectivity index (χ1) is 19.2. The highest BCUT2D eigenvalue weighted by Gasteiger charge is 2.34. The number of hydrogen-bond acceptors (Lipinski definition) is 7. The molecule has 0 radical (unpaired) electrons. The van der Waals surface area contributed by atoms with Gasteiger partial charge in [-0.05, 0) is 71.4 Å². The Morgan fingerprint density at radius 1 is 1.02 bits per heavy atom. The fraction of sp³-hybridized carbons (Fsp3) is 0.321. The smallest absolute Gasteiger partial charge is 0.418 e. The number of halogens is 4. The number of rotatable bonds is 8. The van der Waals surface area contributed by atoms with Gasteiger partial charge in [0, 0.05) is 55.5 Å². The normalized spacial score (nSPS) is 17.2. The molecule has 0 aliphatic carbocycles. The molecule has 0 bridgehead atoms. The van der Waals surface area contributed by atoms with E-state index in [9.17, 15) is 22.9 Å². The molecule has 0 aromatic heterocycles. The van der Waals surface area contributed by atoms with Crippen LogP contribution in [0, 0.1) is 4.91 Å². The van der Waals surface area contributed by atoms with Crippen molar-refractivity contribution < 1.29 is 27.4 Å². The summed E-state index contributed by atoms with van der Waals surface area (Å²) in [5, 5.41) is 6.00. The molecule has 12 heteroatoms. The summed E-state index contributed by atoms with van der Waals surface area (Å²) in [7, 11) is 0. The third-order valence-electron chi connectivity index (χ3n) is 6.86. The van der Waals surface area contributed by atoms with Gasteiger partial charge < -0.3 is 19.7 Å². The van der Waals surface area contributed by atoms with Crippen molar-refractivity contribution in [3.8, 4) is 11.5 Å². The molecule has 5 rings (SSSR count). The van der Waals surface area contributed by atoms with Crippen LogP contribution in [0.1, 0.15) is 11.1 Å². The maximum atomic E-state index is 13.2. The number of ether oxygens (including phenoxy) is 2. The van der Waals surface area contributed by atoms with Gasteiger partial charge in [-0.25, -0.2) is 0 Å². The van der Waals surface area contributed by atoms with Gasteiger partial charge in [-0.3, -0.25) is 9.69 Å². The van der Waals surface area contributed by atoms with Gasteiger partial charge in [0.2, 0.25) is 0 Å². The van der Waals surface area contributed by atoms with Crippen molar-refractivity contribution in [2.75, 3.05) is 44.6 Å². The maximum Gasteiger partial charge on any atom is 0.418 e. The van der Waals surface area contributed by atoms with Crippen LogP contribution in [0.25, 0.3) is 0 Å². The zero-order valence-electron chi connectivity index (χ0n) is 21.3. The van der Waals surface area contributed by atoms with Crippen LogP contribution in [0.2, 0.25) is 5.02 Å². The van der Waals surface area contributed by atoms with E-state index in [-0.39, 0.29) is 24.3 Å². The molecular weight excluding hydrogens is 549 g/mol. The summed E-state index contributed by atoms with van der Waals surface area (Å²) >= 11 is 6.08. The van der Waals surface area contributed by atoms with Crippen molar-refractivity contribution in [3.05, 3.63) is 81.7 Å². The molecule has 1 atom stereocenters. The molecule has 1 unspecified atom stereocenters. The minimum atomic E-state index is -4.70. The number of carbonyl (C=O) groups is 1. The number of piperazine rings is 1. The fourth-order valence-electron chi connectivity index (χ4n) is 4.82. The summed E-state index contributed by atoms with van der Waals surface area (Å²) < 4.78 is 51.2. The van der Waals surface area contributed by atoms with Crippen molar-refractivity contribution in [2.24, 2.45) is 5.18 Å². The lowest BCUT2D eigenvalue weighted by Gasteiger charge is -2.35. The predicted octanol–water partition coefficient (Wildman–Crippen LogP) is 6.03. The Kier molecular flexibility index (Phi) is 8.13. The number of hydrogen-bond donors (Lipinski definition) is 1. The van der Waals surface area contributed by atoms with Crippen molar-refractivity contribution in [1.29, 1.82) is 0 Å². The molecule has 0 spiro atoms. The van der Waals surface area contributed by atoms with Crippen molar-refractivity contribution in [1.82, 2.24) is 9.80 Å². The Bertz CT molecular complexity index is 1380. The topological polar surface area (TPSA) is 83.5 Å². The molecule has 1 saturated heterocycles. The zero-order valence-corrected chi connectivity index (χ0v) is 22.0. The van der Waals surface area contributed by atoms with Crippen LogP contribution in [-0.2, 0) is 17.4 Å². The summed E-state index contributed by atoms with van der Waals surface area (Å²) in [5.41, 5.74) is -0.0148. The molecule has 2 aliphatic heterocycles. The molecule has 3 aromatic rings. The molecule has 0 saturated carbocycles. The summed E-state index contributed by atoms with van der Waals surface area (Å²) in [5.74, 6) is 1.21. The van der Waals surface area contributed by atoms with Crippen LogP contribution in [-0.4, -0.2) is 61.1 Å². The Morgan fingerprint density at radius 3 is 2.45 bits per heavy atom. The van der Waals surface area contributed by atoms with Gasteiger partial charge in [0.05, 0.1) is 5.56 Å². The number of nitroso groups, excluding NO2 is 1. The minimum Gasteiger partial charge on any atom is -0.488 e. The quantitative estimate of drug-likeness (QED) is 0.331. The highest BCUT2D eigenvalue weighted by atomic mass is 35.5. The van der Waals surface area contributed by atoms with E-state index < -0.39 is 17.4 Å². The Hall–Kier alpha value is -3.83. The van der Waals surface area contributed by atoms with Crippen LogP contribution in [0.5, 0.6) is 11.5 Å². The number of alkyl halides is 3. The number of nitrogens with zero attached hydrogens (tertiary/aromatic N) is 3. The van der Waals surface area contributed by atoms with E-state index in [1.807, 2.05) is 18.2 Å². The Balaban J connectivity index is 1.06. The number of amides is 1. The van der Waals surface area contributed by atoms with Crippen LogP contribution in [0.15, 0.2) is 65.8 Å². The summed E-state index contributed by atoms with van der Waals surface area (Å²) in [4.78, 5) is 27.4. The van der Waals surface area contributed by atoms with E-state index in [4.69, 9.17) is 21.1 Å². The van der Waals surface area contributed by atoms with Gasteiger partial charge in [-0.1, -0.05) is 11.6 Å². The third-order valence-corrected chi connectivity index (χ3v) is 7.09. The monoisotopic (exact) mass is 574 g/mol. The van der Waals surface area contributed by atoms with Gasteiger partial charge in [-0.2, -0.15) is 13.2 Å². The lowest BCUT2D eigenvalue weighted by Crippen LogP contribution is -2.51. The lowest BCUT2D eigenvalue weighted by molar-refractivity contribution is -0.137. The van der Waals surface area contributed by atoms with E-state index in [2.05, 4.69) is 15.4 Å². The second-order valence-electron chi connectivity index (χ2n) is 9.64. The van der Waals surface area contributed by atoms with Crippen molar-refractivity contribution in [3.63, 3.8) is 0 Å². The highest BCUT2D eigenvalue weighted by molar-refractivity contribution is 6.30. The van der Waals surface area contributed by atoms with Gasteiger partial charge in [0.15, 0.2) is 6.61 Å². The molecule has 1 amide bonds. The van der Waals surface area contributed by atoms with E-state index >= 15 is 0 Å². The fourth-order valence-corrected chi connectivity index (χ4v) is 5.01. The molecular formula is C28H26ClF3N4O4. The average Bonchev–Trinajstić information content (AvgIpc) is 3.33. The van der Waals surface area contributed by atoms with Crippen LogP contribution in [0.3, 0.4) is 0 Å². The van der Waals surface area contributed by atoms with Gasteiger partial charge in [-0.15, -0.1) is 4.91 Å². The summed E-state index contributed by atoms with van der Waals surface area (Å²) in [6, 6.07) is 15.3. The number of benzene rings is 3. The van der Waals surface area contributed by atoms with E-state index in [1.165, 1.54) is 6.07 Å².